The van der Waals surface area contributed by atoms with Crippen LogP contribution in [0.3, 0.4) is 0 Å². The molecule has 0 aliphatic heterocycles. The fourth-order valence-corrected chi connectivity index (χ4v) is 6.01. The van der Waals surface area contributed by atoms with Crippen LogP contribution in [-0.4, -0.2) is 16.8 Å². The van der Waals surface area contributed by atoms with E-state index in [1.54, 1.807) is 11.4 Å². The van der Waals surface area contributed by atoms with Crippen molar-refractivity contribution in [1.29, 1.82) is 0 Å². The van der Waals surface area contributed by atoms with Crippen molar-refractivity contribution in [3.63, 3.8) is 0 Å². The quantitative estimate of drug-likeness (QED) is 0.682. The molecular weight excluding hydrogens is 219 g/mol. The molecule has 2 atom stereocenters. The van der Waals surface area contributed by atoms with E-state index in [0.717, 1.165) is 18.3 Å². The molecule has 13 heavy (non-hydrogen) atoms. The number of hydrogen-bond acceptors (Lipinski definition) is 2. The van der Waals surface area contributed by atoms with Crippen LogP contribution in [0.25, 0.3) is 0 Å². The third kappa shape index (κ3) is 7.99. The van der Waals surface area contributed by atoms with E-state index >= 15 is 0 Å². The standard InChI is InChI=1S/C9H21OPS2/c1-4-6-9(3)8-13-11(10,12)7-5-2/h9H,4-8H2,1-3H3,(H,10,12). The van der Waals surface area contributed by atoms with Gasteiger partial charge in [-0.1, -0.05) is 56.8 Å². The summed E-state index contributed by atoms with van der Waals surface area (Å²) < 4.78 is 0. The minimum absolute atomic E-state index is 0.696. The highest BCUT2D eigenvalue weighted by atomic mass is 32.9. The monoisotopic (exact) mass is 240 g/mol. The van der Waals surface area contributed by atoms with Crippen molar-refractivity contribution in [2.24, 2.45) is 5.92 Å². The molecule has 0 aromatic heterocycles. The topological polar surface area (TPSA) is 20.2 Å². The second kappa shape index (κ2) is 7.28. The zero-order chi connectivity index (χ0) is 10.3. The maximum absolute atomic E-state index is 9.82. The van der Waals surface area contributed by atoms with Crippen LogP contribution in [0.15, 0.2) is 0 Å². The summed E-state index contributed by atoms with van der Waals surface area (Å²) in [7, 11) is 0. The van der Waals surface area contributed by atoms with Crippen molar-refractivity contribution in [3.05, 3.63) is 0 Å². The molecule has 80 valence electrons. The zero-order valence-corrected chi connectivity index (χ0v) is 11.4. The van der Waals surface area contributed by atoms with Crippen molar-refractivity contribution in [2.75, 3.05) is 11.9 Å². The molecular formula is C9H21OPS2. The van der Waals surface area contributed by atoms with Crippen LogP contribution in [0.1, 0.15) is 40.0 Å². The fourth-order valence-electron chi connectivity index (χ4n) is 1.17. The lowest BCUT2D eigenvalue weighted by Gasteiger charge is -2.16. The molecule has 0 amide bonds. The highest BCUT2D eigenvalue weighted by molar-refractivity contribution is 8.69. The minimum atomic E-state index is -2.02. The highest BCUT2D eigenvalue weighted by Crippen LogP contribution is 2.55. The van der Waals surface area contributed by atoms with Crippen LogP contribution in [0, 0.1) is 5.92 Å². The molecule has 1 N–H and O–H groups in total. The molecule has 0 saturated carbocycles. The summed E-state index contributed by atoms with van der Waals surface area (Å²) in [5.74, 6) is 1.73. The molecule has 0 aromatic rings. The number of rotatable bonds is 7. The van der Waals surface area contributed by atoms with E-state index < -0.39 is 5.47 Å². The molecule has 0 aliphatic carbocycles. The zero-order valence-electron chi connectivity index (χ0n) is 8.82. The molecule has 0 aliphatic rings. The summed E-state index contributed by atoms with van der Waals surface area (Å²) in [6, 6.07) is 0. The van der Waals surface area contributed by atoms with Crippen molar-refractivity contribution in [3.8, 4) is 0 Å². The van der Waals surface area contributed by atoms with E-state index in [1.165, 1.54) is 12.8 Å². The second-order valence-corrected chi connectivity index (χ2v) is 11.0. The Morgan fingerprint density at radius 1 is 1.38 bits per heavy atom. The molecule has 4 heteroatoms. The lowest BCUT2D eigenvalue weighted by atomic mass is 10.1. The Bertz CT molecular complexity index is 173. The van der Waals surface area contributed by atoms with Gasteiger partial charge in [0.15, 0.2) is 0 Å². The van der Waals surface area contributed by atoms with E-state index in [0.29, 0.717) is 5.92 Å². The van der Waals surface area contributed by atoms with Crippen LogP contribution in [0.2, 0.25) is 0 Å². The summed E-state index contributed by atoms with van der Waals surface area (Å²) >= 11 is 6.81. The average molecular weight is 240 g/mol. The van der Waals surface area contributed by atoms with E-state index in [9.17, 15) is 4.89 Å². The molecule has 1 nitrogen and oxygen atoms in total. The molecule has 0 fully saturated rings. The number of hydrogen-bond donors (Lipinski definition) is 1. The first-order chi connectivity index (χ1) is 6.02. The van der Waals surface area contributed by atoms with Gasteiger partial charge in [-0.2, -0.15) is 0 Å². The van der Waals surface area contributed by atoms with E-state index in [4.69, 9.17) is 11.8 Å². The molecule has 0 spiro atoms. The first-order valence-corrected chi connectivity index (χ1v) is 9.51. The van der Waals surface area contributed by atoms with Gasteiger partial charge >= 0.3 is 0 Å². The van der Waals surface area contributed by atoms with Crippen LogP contribution in [0.5, 0.6) is 0 Å². The molecule has 0 heterocycles. The highest BCUT2D eigenvalue weighted by Gasteiger charge is 2.13. The van der Waals surface area contributed by atoms with Gasteiger partial charge in [0.1, 0.15) is 5.47 Å². The van der Waals surface area contributed by atoms with Crippen molar-refractivity contribution in [1.82, 2.24) is 0 Å². The summed E-state index contributed by atoms with van der Waals surface area (Å²) in [6.07, 6.45) is 4.30. The molecule has 0 saturated heterocycles. The van der Waals surface area contributed by atoms with Crippen molar-refractivity contribution >= 4 is 28.7 Å². The van der Waals surface area contributed by atoms with Crippen LogP contribution < -0.4 is 0 Å². The third-order valence-corrected chi connectivity index (χ3v) is 7.68. The normalized spacial score (nSPS) is 18.2. The summed E-state index contributed by atoms with van der Waals surface area (Å²) in [4.78, 5) is 9.82. The van der Waals surface area contributed by atoms with Gasteiger partial charge in [0.05, 0.1) is 0 Å². The van der Waals surface area contributed by atoms with Gasteiger partial charge in [-0.05, 0) is 12.3 Å². The fraction of sp³-hybridized carbons (Fsp3) is 1.00. The second-order valence-electron chi connectivity index (χ2n) is 3.55. The summed E-state index contributed by atoms with van der Waals surface area (Å²) in [6.45, 7) is 6.51. The maximum Gasteiger partial charge on any atom is 0.116 e. The minimum Gasteiger partial charge on any atom is -0.357 e. The Labute approximate surface area is 91.5 Å². The van der Waals surface area contributed by atoms with Gasteiger partial charge in [-0.25, -0.2) is 0 Å². The van der Waals surface area contributed by atoms with E-state index in [1.807, 2.05) is 0 Å². The predicted molar refractivity (Wildman–Crippen MR) is 68.2 cm³/mol. The van der Waals surface area contributed by atoms with Crippen LogP contribution >= 0.6 is 16.8 Å². The van der Waals surface area contributed by atoms with Gasteiger partial charge in [0.2, 0.25) is 0 Å². The third-order valence-electron chi connectivity index (χ3n) is 1.85. The smallest absolute Gasteiger partial charge is 0.116 e. The molecule has 2 unspecified atom stereocenters. The van der Waals surface area contributed by atoms with Gasteiger partial charge in [-0.3, -0.25) is 0 Å². The van der Waals surface area contributed by atoms with Crippen molar-refractivity contribution in [2.45, 2.75) is 40.0 Å². The van der Waals surface area contributed by atoms with Gasteiger partial charge < -0.3 is 4.89 Å². The Kier molecular flexibility index (Phi) is 7.82. The molecule has 0 bridgehead atoms. The van der Waals surface area contributed by atoms with Gasteiger partial charge in [-0.15, -0.1) is 0 Å². The first kappa shape index (κ1) is 14.0. The Morgan fingerprint density at radius 2 is 2.00 bits per heavy atom. The van der Waals surface area contributed by atoms with E-state index in [2.05, 4.69) is 20.8 Å². The Balaban J connectivity index is 3.67. The van der Waals surface area contributed by atoms with Gasteiger partial charge in [0, 0.05) is 11.9 Å². The van der Waals surface area contributed by atoms with Crippen LogP contribution in [0.4, 0.5) is 0 Å². The summed E-state index contributed by atoms with van der Waals surface area (Å²) in [5, 5.41) is 0. The molecule has 0 aromatic carbocycles. The first-order valence-electron chi connectivity index (χ1n) is 4.98. The molecule has 0 rings (SSSR count). The SMILES string of the molecule is CCCC(C)CSP(O)(=S)CCC. The average Bonchev–Trinajstić information content (AvgIpc) is 2.02. The maximum atomic E-state index is 9.82. The van der Waals surface area contributed by atoms with E-state index in [-0.39, 0.29) is 0 Å². The predicted octanol–water partition coefficient (Wildman–Crippen LogP) is 3.87. The Morgan fingerprint density at radius 3 is 2.46 bits per heavy atom. The Hall–Kier alpha value is 0.960. The largest absolute Gasteiger partial charge is 0.357 e. The lowest BCUT2D eigenvalue weighted by molar-refractivity contribution is 0.585. The van der Waals surface area contributed by atoms with Gasteiger partial charge in [0.25, 0.3) is 0 Å². The molecule has 0 radical (unpaired) electrons. The lowest BCUT2D eigenvalue weighted by Crippen LogP contribution is -1.97. The summed E-state index contributed by atoms with van der Waals surface area (Å²) in [5.41, 5.74) is -2.02. The van der Waals surface area contributed by atoms with Crippen molar-refractivity contribution < 1.29 is 4.89 Å². The van der Waals surface area contributed by atoms with Crippen LogP contribution in [-0.2, 0) is 11.8 Å².